The number of rotatable bonds is 3. The van der Waals surface area contributed by atoms with Crippen LogP contribution in [0.3, 0.4) is 0 Å². The molecule has 0 spiro atoms. The minimum absolute atomic E-state index is 0.244. The first-order chi connectivity index (χ1) is 12.1. The fourth-order valence-corrected chi connectivity index (χ4v) is 4.68. The van der Waals surface area contributed by atoms with Gasteiger partial charge in [0.25, 0.3) is 0 Å². The molecule has 3 aromatic rings. The molecule has 5 heteroatoms. The quantitative estimate of drug-likeness (QED) is 0.783. The molecular formula is C20H20N2O2S. The van der Waals surface area contributed by atoms with Crippen LogP contribution in [-0.2, 0) is 9.84 Å². The highest BCUT2D eigenvalue weighted by Crippen LogP contribution is 2.29. The fourth-order valence-electron chi connectivity index (χ4n) is 3.42. The molecule has 1 fully saturated rings. The molecule has 4 nitrogen and oxygen atoms in total. The summed E-state index contributed by atoms with van der Waals surface area (Å²) in [4.78, 5) is 4.91. The van der Waals surface area contributed by atoms with Crippen molar-refractivity contribution in [2.45, 2.75) is 28.6 Å². The van der Waals surface area contributed by atoms with Crippen LogP contribution in [0.2, 0.25) is 0 Å². The van der Waals surface area contributed by atoms with Crippen molar-refractivity contribution >= 4 is 20.7 Å². The van der Waals surface area contributed by atoms with Crippen molar-refractivity contribution in [2.75, 3.05) is 13.1 Å². The summed E-state index contributed by atoms with van der Waals surface area (Å²) in [6.45, 7) is 2.06. The van der Waals surface area contributed by atoms with E-state index in [0.717, 1.165) is 36.8 Å². The third-order valence-corrected chi connectivity index (χ3v) is 6.59. The van der Waals surface area contributed by atoms with Gasteiger partial charge in [0.15, 0.2) is 0 Å². The number of nitrogens with zero attached hydrogens (tertiary/aromatic N) is 1. The Labute approximate surface area is 147 Å². The molecule has 128 valence electrons. The Balaban J connectivity index is 1.76. The molecule has 0 saturated carbocycles. The zero-order chi connectivity index (χ0) is 17.3. The molecule has 1 aliphatic rings. The second kappa shape index (κ2) is 6.58. The lowest BCUT2D eigenvalue weighted by Crippen LogP contribution is -2.26. The minimum Gasteiger partial charge on any atom is -0.317 e. The van der Waals surface area contributed by atoms with Crippen LogP contribution in [0.5, 0.6) is 0 Å². The van der Waals surface area contributed by atoms with Crippen LogP contribution in [0.4, 0.5) is 0 Å². The average Bonchev–Trinajstić information content (AvgIpc) is 2.68. The largest absolute Gasteiger partial charge is 0.317 e. The molecule has 1 aromatic heterocycles. The van der Waals surface area contributed by atoms with E-state index in [-0.39, 0.29) is 4.90 Å². The standard InChI is InChI=1S/C20H20N2O2S/c23-25(24,18-4-2-1-3-5-18)19-13-17-12-16(6-7-20(17)22-14-19)15-8-10-21-11-9-15/h1-7,12-15,21H,8-11H2. The van der Waals surface area contributed by atoms with Crippen LogP contribution in [0.1, 0.15) is 24.3 Å². The molecule has 1 N–H and O–H groups in total. The van der Waals surface area contributed by atoms with Gasteiger partial charge < -0.3 is 5.32 Å². The van der Waals surface area contributed by atoms with Gasteiger partial charge in [0.05, 0.1) is 15.3 Å². The maximum atomic E-state index is 12.8. The second-order valence-electron chi connectivity index (χ2n) is 6.46. The zero-order valence-electron chi connectivity index (χ0n) is 13.9. The molecule has 0 radical (unpaired) electrons. The molecule has 4 rings (SSSR count). The first kappa shape index (κ1) is 16.2. The third-order valence-electron chi connectivity index (χ3n) is 4.85. The van der Waals surface area contributed by atoms with Crippen molar-refractivity contribution in [3.05, 3.63) is 66.4 Å². The Morgan fingerprint density at radius 1 is 0.920 bits per heavy atom. The number of nitrogens with one attached hydrogen (secondary N) is 1. The van der Waals surface area contributed by atoms with Crippen molar-refractivity contribution in [3.63, 3.8) is 0 Å². The topological polar surface area (TPSA) is 59.1 Å². The van der Waals surface area contributed by atoms with Crippen LogP contribution < -0.4 is 5.32 Å². The Hall–Kier alpha value is -2.24. The molecule has 25 heavy (non-hydrogen) atoms. The lowest BCUT2D eigenvalue weighted by molar-refractivity contribution is 0.460. The number of sulfone groups is 1. The molecule has 0 bridgehead atoms. The number of pyridine rings is 1. The summed E-state index contributed by atoms with van der Waals surface area (Å²) < 4.78 is 25.6. The van der Waals surface area contributed by atoms with Gasteiger partial charge in [-0.05, 0) is 67.7 Å². The number of hydrogen-bond acceptors (Lipinski definition) is 4. The number of piperidine rings is 1. The predicted molar refractivity (Wildman–Crippen MR) is 98.5 cm³/mol. The summed E-state index contributed by atoms with van der Waals surface area (Å²) in [6.07, 6.45) is 3.68. The lowest BCUT2D eigenvalue weighted by atomic mass is 9.89. The predicted octanol–water partition coefficient (Wildman–Crippen LogP) is 3.53. The maximum absolute atomic E-state index is 12.8. The van der Waals surface area contributed by atoms with E-state index in [1.54, 1.807) is 30.3 Å². The monoisotopic (exact) mass is 352 g/mol. The van der Waals surface area contributed by atoms with Crippen molar-refractivity contribution in [3.8, 4) is 0 Å². The van der Waals surface area contributed by atoms with E-state index in [0.29, 0.717) is 10.8 Å². The van der Waals surface area contributed by atoms with Gasteiger partial charge in [-0.1, -0.05) is 24.3 Å². The Morgan fingerprint density at radius 2 is 1.68 bits per heavy atom. The SMILES string of the molecule is O=S(=O)(c1ccccc1)c1cnc2ccc(C3CCNCC3)cc2c1. The molecule has 0 atom stereocenters. The van der Waals surface area contributed by atoms with E-state index in [1.807, 2.05) is 12.1 Å². The Kier molecular flexibility index (Phi) is 4.27. The third kappa shape index (κ3) is 3.17. The second-order valence-corrected chi connectivity index (χ2v) is 8.41. The van der Waals surface area contributed by atoms with Crippen molar-refractivity contribution in [1.29, 1.82) is 0 Å². The first-order valence-electron chi connectivity index (χ1n) is 8.55. The Morgan fingerprint density at radius 3 is 2.44 bits per heavy atom. The van der Waals surface area contributed by atoms with Gasteiger partial charge in [0.2, 0.25) is 9.84 Å². The van der Waals surface area contributed by atoms with Crippen LogP contribution >= 0.6 is 0 Å². The van der Waals surface area contributed by atoms with Crippen molar-refractivity contribution < 1.29 is 8.42 Å². The summed E-state index contributed by atoms with van der Waals surface area (Å²) in [5.74, 6) is 0.528. The highest BCUT2D eigenvalue weighted by Gasteiger charge is 2.19. The van der Waals surface area contributed by atoms with E-state index in [4.69, 9.17) is 0 Å². The van der Waals surface area contributed by atoms with E-state index < -0.39 is 9.84 Å². The minimum atomic E-state index is -3.54. The number of fused-ring (bicyclic) bond motifs is 1. The summed E-state index contributed by atoms with van der Waals surface area (Å²) in [5.41, 5.74) is 2.09. The van der Waals surface area contributed by atoms with Gasteiger partial charge in [0, 0.05) is 11.6 Å². The lowest BCUT2D eigenvalue weighted by Gasteiger charge is -2.23. The van der Waals surface area contributed by atoms with Crippen molar-refractivity contribution in [2.24, 2.45) is 0 Å². The van der Waals surface area contributed by atoms with Crippen molar-refractivity contribution in [1.82, 2.24) is 10.3 Å². The van der Waals surface area contributed by atoms with Gasteiger partial charge in [-0.15, -0.1) is 0 Å². The van der Waals surface area contributed by atoms with Crippen LogP contribution in [0, 0.1) is 0 Å². The van der Waals surface area contributed by atoms with Gasteiger partial charge in [-0.2, -0.15) is 0 Å². The fraction of sp³-hybridized carbons (Fsp3) is 0.250. The Bertz CT molecular complexity index is 995. The number of benzene rings is 2. The summed E-state index contributed by atoms with van der Waals surface area (Å²) in [6, 6.07) is 16.5. The summed E-state index contributed by atoms with van der Waals surface area (Å²) in [5, 5.41) is 4.26. The van der Waals surface area contributed by atoms with E-state index in [2.05, 4.69) is 22.4 Å². The molecule has 2 heterocycles. The van der Waals surface area contributed by atoms with Gasteiger partial charge >= 0.3 is 0 Å². The summed E-state index contributed by atoms with van der Waals surface area (Å²) >= 11 is 0. The highest BCUT2D eigenvalue weighted by atomic mass is 32.2. The van der Waals surface area contributed by atoms with E-state index >= 15 is 0 Å². The maximum Gasteiger partial charge on any atom is 0.208 e. The van der Waals surface area contributed by atoms with E-state index in [9.17, 15) is 8.42 Å². The summed E-state index contributed by atoms with van der Waals surface area (Å²) in [7, 11) is -3.54. The smallest absolute Gasteiger partial charge is 0.208 e. The van der Waals surface area contributed by atoms with Crippen LogP contribution in [0.25, 0.3) is 10.9 Å². The molecule has 1 aliphatic heterocycles. The number of aromatic nitrogens is 1. The molecule has 1 saturated heterocycles. The number of hydrogen-bond donors (Lipinski definition) is 1. The van der Waals surface area contributed by atoms with E-state index in [1.165, 1.54) is 11.8 Å². The molecule has 2 aromatic carbocycles. The van der Waals surface area contributed by atoms with Gasteiger partial charge in [-0.25, -0.2) is 8.42 Å². The normalized spacial score (nSPS) is 16.2. The average molecular weight is 352 g/mol. The molecule has 0 amide bonds. The zero-order valence-corrected chi connectivity index (χ0v) is 14.7. The molecular weight excluding hydrogens is 332 g/mol. The first-order valence-corrected chi connectivity index (χ1v) is 10.0. The van der Waals surface area contributed by atoms with Gasteiger partial charge in [-0.3, -0.25) is 4.98 Å². The highest BCUT2D eigenvalue weighted by molar-refractivity contribution is 7.91. The van der Waals surface area contributed by atoms with Crippen LogP contribution in [-0.4, -0.2) is 26.5 Å². The molecule has 0 unspecified atom stereocenters. The van der Waals surface area contributed by atoms with Crippen LogP contribution in [0.15, 0.2) is 70.6 Å². The molecule has 0 aliphatic carbocycles. The van der Waals surface area contributed by atoms with Gasteiger partial charge in [0.1, 0.15) is 0 Å².